The lowest BCUT2D eigenvalue weighted by Gasteiger charge is -2.29. The topological polar surface area (TPSA) is 74.7 Å². The van der Waals surface area contributed by atoms with E-state index in [0.717, 1.165) is 39.7 Å². The first-order valence-corrected chi connectivity index (χ1v) is 13.1. The summed E-state index contributed by atoms with van der Waals surface area (Å²) in [5, 5.41) is 7.05. The minimum Gasteiger partial charge on any atom is -0.378 e. The fraction of sp³-hybridized carbons (Fsp3) is 0.233. The lowest BCUT2D eigenvalue weighted by atomic mass is 10.00. The van der Waals surface area contributed by atoms with Crippen molar-refractivity contribution in [2.24, 2.45) is 0 Å². The van der Waals surface area contributed by atoms with Gasteiger partial charge in [-0.1, -0.05) is 6.07 Å². The van der Waals surface area contributed by atoms with Crippen LogP contribution in [0.1, 0.15) is 29.0 Å². The average molecular weight is 541 g/mol. The molecule has 9 heteroatoms. The molecule has 0 radical (unpaired) electrons. The molecule has 1 fully saturated rings. The molecule has 200 valence electrons. The van der Waals surface area contributed by atoms with Crippen LogP contribution in [0.15, 0.2) is 85.2 Å². The number of carbonyl (C=O) groups excluding carboxylic acids is 1. The summed E-state index contributed by atoms with van der Waals surface area (Å²) >= 11 is 5.92. The zero-order valence-corrected chi connectivity index (χ0v) is 23.3. The normalized spacial score (nSPS) is 16.7. The molecule has 8 nitrogen and oxygen atoms in total. The maximum Gasteiger partial charge on any atom is 0.250 e. The summed E-state index contributed by atoms with van der Waals surface area (Å²) < 4.78 is 7.16. The van der Waals surface area contributed by atoms with Crippen molar-refractivity contribution in [3.05, 3.63) is 102 Å². The molecule has 5 rings (SSSR count). The molecule has 0 unspecified atom stereocenters. The highest BCUT2D eigenvalue weighted by atomic mass is 32.1. The number of anilines is 3. The first-order valence-electron chi connectivity index (χ1n) is 12.7. The van der Waals surface area contributed by atoms with Crippen LogP contribution in [0.3, 0.4) is 0 Å². The number of ether oxygens (including phenoxy) is 1. The molecule has 0 aliphatic carbocycles. The third-order valence-electron chi connectivity index (χ3n) is 6.86. The summed E-state index contributed by atoms with van der Waals surface area (Å²) in [6.07, 6.45) is 3.88. The van der Waals surface area contributed by atoms with Gasteiger partial charge >= 0.3 is 0 Å². The van der Waals surface area contributed by atoms with Crippen LogP contribution in [0.25, 0.3) is 5.69 Å². The molecule has 2 aromatic heterocycles. The zero-order chi connectivity index (χ0) is 27.5. The van der Waals surface area contributed by atoms with E-state index in [4.69, 9.17) is 17.0 Å². The van der Waals surface area contributed by atoms with Crippen LogP contribution in [-0.4, -0.2) is 48.4 Å². The Morgan fingerprint density at radius 3 is 2.51 bits per heavy atom. The number of hydrogen-bond donors (Lipinski definition) is 2. The second kappa shape index (κ2) is 11.3. The molecule has 1 saturated heterocycles. The van der Waals surface area contributed by atoms with Gasteiger partial charge in [0, 0.05) is 62.0 Å². The van der Waals surface area contributed by atoms with Gasteiger partial charge in [0.1, 0.15) is 12.6 Å². The van der Waals surface area contributed by atoms with E-state index in [1.54, 1.807) is 6.20 Å². The predicted octanol–water partition coefficient (Wildman–Crippen LogP) is 5.01. The van der Waals surface area contributed by atoms with Gasteiger partial charge in [-0.2, -0.15) is 0 Å². The van der Waals surface area contributed by atoms with Gasteiger partial charge in [-0.3, -0.25) is 9.78 Å². The summed E-state index contributed by atoms with van der Waals surface area (Å²) in [6, 6.07) is 24.2. The van der Waals surface area contributed by atoms with Gasteiger partial charge in [-0.25, -0.2) is 0 Å². The fourth-order valence-corrected chi connectivity index (χ4v) is 5.32. The third-order valence-corrected chi connectivity index (χ3v) is 7.18. The number of hydrogen-bond acceptors (Lipinski definition) is 5. The summed E-state index contributed by atoms with van der Waals surface area (Å²) in [4.78, 5) is 21.0. The molecule has 0 saturated carbocycles. The van der Waals surface area contributed by atoms with Crippen LogP contribution in [0.4, 0.5) is 17.1 Å². The van der Waals surface area contributed by atoms with Gasteiger partial charge in [0.2, 0.25) is 5.91 Å². The summed E-state index contributed by atoms with van der Waals surface area (Å²) in [5.41, 5.74) is 6.76. The molecular weight excluding hydrogens is 508 g/mol. The van der Waals surface area contributed by atoms with Crippen molar-refractivity contribution in [1.29, 1.82) is 0 Å². The molecule has 2 N–H and O–H groups in total. The Hall–Kier alpha value is -4.21. The molecule has 39 heavy (non-hydrogen) atoms. The van der Waals surface area contributed by atoms with Gasteiger partial charge in [0.25, 0.3) is 0 Å². The highest BCUT2D eigenvalue weighted by Crippen LogP contribution is 2.43. The Kier molecular flexibility index (Phi) is 7.63. The van der Waals surface area contributed by atoms with Gasteiger partial charge in [0.05, 0.1) is 11.7 Å². The van der Waals surface area contributed by atoms with E-state index >= 15 is 0 Å². The van der Waals surface area contributed by atoms with Gasteiger partial charge < -0.3 is 29.7 Å². The number of aromatic nitrogens is 2. The molecule has 1 aliphatic heterocycles. The minimum absolute atomic E-state index is 0.00165. The first kappa shape index (κ1) is 26.4. The van der Waals surface area contributed by atoms with E-state index in [2.05, 4.69) is 72.6 Å². The average Bonchev–Trinajstić information content (AvgIpc) is 3.55. The van der Waals surface area contributed by atoms with Crippen molar-refractivity contribution in [2.75, 3.05) is 42.9 Å². The standard InChI is InChI=1S/C30H32N6O2S/c1-20-18-23(14-15-24(20)32-27(37)19-38-4)36-29(28(33-30(36)39)25-8-5-6-16-31-25)26-9-7-17-35(26)22-12-10-21(11-13-22)34(2)3/h5-18,28-29H,19H2,1-4H3,(H,32,37)(H,33,39)/t28-,29+/m0/s1. The maximum atomic E-state index is 12.1. The van der Waals surface area contributed by atoms with Crippen LogP contribution in [0.5, 0.6) is 0 Å². The predicted molar refractivity (Wildman–Crippen MR) is 160 cm³/mol. The van der Waals surface area contributed by atoms with E-state index in [1.807, 2.05) is 57.4 Å². The van der Waals surface area contributed by atoms with Crippen molar-refractivity contribution in [2.45, 2.75) is 19.0 Å². The second-order valence-electron chi connectivity index (χ2n) is 9.69. The monoisotopic (exact) mass is 540 g/mol. The molecule has 3 heterocycles. The molecule has 1 aliphatic rings. The van der Waals surface area contributed by atoms with Crippen LogP contribution < -0.4 is 20.4 Å². The molecule has 1 amide bonds. The zero-order valence-electron chi connectivity index (χ0n) is 22.5. The van der Waals surface area contributed by atoms with Gasteiger partial charge in [0.15, 0.2) is 5.11 Å². The van der Waals surface area contributed by atoms with E-state index in [0.29, 0.717) is 5.11 Å². The van der Waals surface area contributed by atoms with E-state index in [1.165, 1.54) is 7.11 Å². The van der Waals surface area contributed by atoms with Crippen LogP contribution in [0, 0.1) is 6.92 Å². The Balaban J connectivity index is 1.57. The number of carbonyl (C=O) groups is 1. The SMILES string of the molecule is COCC(=O)Nc1ccc(N2C(=S)N[C@@H](c3ccccn3)[C@H]2c2cccn2-c2ccc(N(C)C)cc2)cc1C. The lowest BCUT2D eigenvalue weighted by Crippen LogP contribution is -2.30. The highest BCUT2D eigenvalue weighted by molar-refractivity contribution is 7.80. The maximum absolute atomic E-state index is 12.1. The largest absolute Gasteiger partial charge is 0.378 e. The Morgan fingerprint density at radius 2 is 1.85 bits per heavy atom. The minimum atomic E-state index is -0.196. The summed E-state index contributed by atoms with van der Waals surface area (Å²) in [5.74, 6) is -0.196. The van der Waals surface area contributed by atoms with Crippen LogP contribution >= 0.6 is 12.2 Å². The second-order valence-corrected chi connectivity index (χ2v) is 10.1. The number of aryl methyl sites for hydroxylation is 1. The molecule has 2 aromatic carbocycles. The quantitative estimate of drug-likeness (QED) is 0.305. The number of nitrogens with one attached hydrogen (secondary N) is 2. The number of rotatable bonds is 8. The van der Waals surface area contributed by atoms with E-state index in [-0.39, 0.29) is 24.6 Å². The number of amides is 1. The van der Waals surface area contributed by atoms with Gasteiger partial charge in [-0.05, 0) is 91.4 Å². The Bertz CT molecular complexity index is 1470. The fourth-order valence-electron chi connectivity index (χ4n) is 4.97. The molecule has 4 aromatic rings. The number of benzene rings is 2. The first-order chi connectivity index (χ1) is 18.9. The lowest BCUT2D eigenvalue weighted by molar-refractivity contribution is -0.119. The van der Waals surface area contributed by atoms with E-state index in [9.17, 15) is 4.79 Å². The Labute approximate surface area is 234 Å². The van der Waals surface area contributed by atoms with E-state index < -0.39 is 0 Å². The van der Waals surface area contributed by atoms with Gasteiger partial charge in [-0.15, -0.1) is 0 Å². The molecule has 0 spiro atoms. The molecule has 2 atom stereocenters. The Morgan fingerprint density at radius 1 is 1.08 bits per heavy atom. The van der Waals surface area contributed by atoms with Crippen LogP contribution in [0.2, 0.25) is 0 Å². The van der Waals surface area contributed by atoms with Crippen molar-refractivity contribution in [3.63, 3.8) is 0 Å². The number of thiocarbonyl (C=S) groups is 1. The molecular formula is C30H32N6O2S. The number of methoxy groups -OCH3 is 1. The highest BCUT2D eigenvalue weighted by Gasteiger charge is 2.42. The number of pyridine rings is 1. The third kappa shape index (κ3) is 5.36. The van der Waals surface area contributed by atoms with Crippen molar-refractivity contribution < 1.29 is 9.53 Å². The molecule has 0 bridgehead atoms. The number of nitrogens with zero attached hydrogens (tertiary/aromatic N) is 4. The smallest absolute Gasteiger partial charge is 0.250 e. The van der Waals surface area contributed by atoms with Crippen LogP contribution in [-0.2, 0) is 9.53 Å². The van der Waals surface area contributed by atoms with Crippen molar-refractivity contribution >= 4 is 40.3 Å². The summed E-state index contributed by atoms with van der Waals surface area (Å²) in [7, 11) is 5.57. The summed E-state index contributed by atoms with van der Waals surface area (Å²) in [6.45, 7) is 1.97. The van der Waals surface area contributed by atoms with Crippen molar-refractivity contribution in [3.8, 4) is 5.69 Å². The van der Waals surface area contributed by atoms with Crippen molar-refractivity contribution in [1.82, 2.24) is 14.9 Å².